The van der Waals surface area contributed by atoms with Crippen LogP contribution in [-0.2, 0) is 15.8 Å². The van der Waals surface area contributed by atoms with Crippen LogP contribution in [0.4, 0.5) is 18.9 Å². The third-order valence-electron chi connectivity index (χ3n) is 2.86. The van der Waals surface area contributed by atoms with Gasteiger partial charge in [0, 0.05) is 25.2 Å². The Balaban J connectivity index is 2.73. The molecule has 1 aromatic rings. The zero-order valence-corrected chi connectivity index (χ0v) is 13.3. The Hall–Kier alpha value is -1.80. The standard InChI is InChI=1S/C14H17ClF3N3O2/c1-8(19)5-13(23)21(2)7-12(22)20-9-3-4-11(15)10(6-9)14(16,17)18/h3-4,6,8H,5,7,19H2,1-2H3,(H,20,22). The fraction of sp³-hybridized carbons (Fsp3) is 0.429. The number of benzene rings is 1. The van der Waals surface area contributed by atoms with Gasteiger partial charge in [-0.3, -0.25) is 9.59 Å². The highest BCUT2D eigenvalue weighted by atomic mass is 35.5. The van der Waals surface area contributed by atoms with Gasteiger partial charge in [-0.05, 0) is 25.1 Å². The summed E-state index contributed by atoms with van der Waals surface area (Å²) in [6, 6.07) is 2.69. The Bertz CT molecular complexity index is 591. The van der Waals surface area contributed by atoms with E-state index >= 15 is 0 Å². The van der Waals surface area contributed by atoms with E-state index in [-0.39, 0.29) is 30.6 Å². The lowest BCUT2D eigenvalue weighted by Gasteiger charge is -2.18. The summed E-state index contributed by atoms with van der Waals surface area (Å²) in [6.07, 6.45) is -4.55. The highest BCUT2D eigenvalue weighted by Crippen LogP contribution is 2.36. The van der Waals surface area contributed by atoms with Crippen molar-refractivity contribution in [3.05, 3.63) is 28.8 Å². The molecule has 0 fully saturated rings. The van der Waals surface area contributed by atoms with Crippen LogP contribution in [0.5, 0.6) is 0 Å². The van der Waals surface area contributed by atoms with Crippen molar-refractivity contribution < 1.29 is 22.8 Å². The molecule has 2 amide bonds. The first kappa shape index (κ1) is 19.2. The van der Waals surface area contributed by atoms with Crippen LogP contribution in [-0.4, -0.2) is 36.3 Å². The Morgan fingerprint density at radius 2 is 2.00 bits per heavy atom. The van der Waals surface area contributed by atoms with Crippen LogP contribution >= 0.6 is 11.6 Å². The number of carbonyl (C=O) groups excluding carboxylic acids is 2. The number of hydrogen-bond acceptors (Lipinski definition) is 3. The molecule has 1 unspecified atom stereocenters. The zero-order chi connectivity index (χ0) is 17.8. The van der Waals surface area contributed by atoms with E-state index in [0.29, 0.717) is 0 Å². The minimum absolute atomic E-state index is 0.0558. The van der Waals surface area contributed by atoms with Crippen LogP contribution in [0.2, 0.25) is 5.02 Å². The average molecular weight is 352 g/mol. The van der Waals surface area contributed by atoms with E-state index in [2.05, 4.69) is 5.32 Å². The summed E-state index contributed by atoms with van der Waals surface area (Å²) in [4.78, 5) is 24.6. The quantitative estimate of drug-likeness (QED) is 0.855. The topological polar surface area (TPSA) is 75.4 Å². The van der Waals surface area contributed by atoms with E-state index in [1.54, 1.807) is 6.92 Å². The van der Waals surface area contributed by atoms with Gasteiger partial charge in [0.15, 0.2) is 0 Å². The first-order valence-electron chi connectivity index (χ1n) is 6.67. The van der Waals surface area contributed by atoms with Crippen LogP contribution in [0.3, 0.4) is 0 Å². The van der Waals surface area contributed by atoms with Crippen molar-refractivity contribution in [2.24, 2.45) is 5.73 Å². The number of alkyl halides is 3. The molecule has 1 rings (SSSR count). The first-order chi connectivity index (χ1) is 10.5. The van der Waals surface area contributed by atoms with Crippen molar-refractivity contribution in [2.45, 2.75) is 25.6 Å². The largest absolute Gasteiger partial charge is 0.417 e. The van der Waals surface area contributed by atoms with Crippen LogP contribution in [0, 0.1) is 0 Å². The minimum atomic E-state index is -4.62. The molecular formula is C14H17ClF3N3O2. The maximum Gasteiger partial charge on any atom is 0.417 e. The average Bonchev–Trinajstić information content (AvgIpc) is 2.38. The Kier molecular flexibility index (Phi) is 6.40. The molecule has 0 spiro atoms. The summed E-state index contributed by atoms with van der Waals surface area (Å²) in [7, 11) is 1.41. The normalized spacial score (nSPS) is 12.7. The molecule has 128 valence electrons. The summed E-state index contributed by atoms with van der Waals surface area (Å²) in [6.45, 7) is 1.35. The second-order valence-electron chi connectivity index (χ2n) is 5.17. The number of hydrogen-bond donors (Lipinski definition) is 2. The lowest BCUT2D eigenvalue weighted by atomic mass is 10.2. The number of rotatable bonds is 5. The molecule has 23 heavy (non-hydrogen) atoms. The van der Waals surface area contributed by atoms with E-state index in [9.17, 15) is 22.8 Å². The fourth-order valence-corrected chi connectivity index (χ4v) is 1.98. The predicted octanol–water partition coefficient (Wildman–Crippen LogP) is 2.49. The van der Waals surface area contributed by atoms with E-state index < -0.39 is 22.7 Å². The molecule has 3 N–H and O–H groups in total. The summed E-state index contributed by atoms with van der Waals surface area (Å²) in [5.41, 5.74) is 4.39. The number of amides is 2. The molecule has 1 aromatic carbocycles. The van der Waals surface area contributed by atoms with Gasteiger partial charge in [-0.2, -0.15) is 13.2 Å². The Morgan fingerprint density at radius 3 is 2.52 bits per heavy atom. The van der Waals surface area contributed by atoms with Crippen molar-refractivity contribution in [2.75, 3.05) is 18.9 Å². The Morgan fingerprint density at radius 1 is 1.39 bits per heavy atom. The van der Waals surface area contributed by atoms with Crippen LogP contribution in [0.25, 0.3) is 0 Å². The molecule has 0 bridgehead atoms. The molecule has 0 heterocycles. The number of nitrogens with one attached hydrogen (secondary N) is 1. The van der Waals surface area contributed by atoms with Gasteiger partial charge >= 0.3 is 6.18 Å². The summed E-state index contributed by atoms with van der Waals surface area (Å²) < 4.78 is 38.2. The van der Waals surface area contributed by atoms with E-state index in [1.807, 2.05) is 0 Å². The minimum Gasteiger partial charge on any atom is -0.336 e. The molecule has 9 heteroatoms. The Labute approximate surface area is 136 Å². The highest BCUT2D eigenvalue weighted by molar-refractivity contribution is 6.31. The molecular weight excluding hydrogens is 335 g/mol. The number of likely N-dealkylation sites (N-methyl/N-ethyl adjacent to an activating group) is 1. The van der Waals surface area contributed by atoms with Crippen molar-refractivity contribution in [3.63, 3.8) is 0 Å². The van der Waals surface area contributed by atoms with Gasteiger partial charge in [0.2, 0.25) is 11.8 Å². The van der Waals surface area contributed by atoms with Gasteiger partial charge in [-0.25, -0.2) is 0 Å². The molecule has 0 saturated heterocycles. The zero-order valence-electron chi connectivity index (χ0n) is 12.6. The van der Waals surface area contributed by atoms with Gasteiger partial charge in [-0.1, -0.05) is 11.6 Å². The van der Waals surface area contributed by atoms with Crippen LogP contribution < -0.4 is 11.1 Å². The van der Waals surface area contributed by atoms with Crippen molar-refractivity contribution >= 4 is 29.1 Å². The SMILES string of the molecule is CC(N)CC(=O)N(C)CC(=O)Nc1ccc(Cl)c(C(F)(F)F)c1. The number of nitrogens with zero attached hydrogens (tertiary/aromatic N) is 1. The van der Waals surface area contributed by atoms with Crippen LogP contribution in [0.15, 0.2) is 18.2 Å². The third kappa shape index (κ3) is 6.07. The second-order valence-corrected chi connectivity index (χ2v) is 5.58. The predicted molar refractivity (Wildman–Crippen MR) is 81.0 cm³/mol. The number of anilines is 1. The molecule has 1 atom stereocenters. The van der Waals surface area contributed by atoms with E-state index in [0.717, 1.165) is 17.0 Å². The maximum atomic E-state index is 12.7. The summed E-state index contributed by atoms with van der Waals surface area (Å²) in [5, 5.41) is 1.84. The summed E-state index contributed by atoms with van der Waals surface area (Å²) >= 11 is 5.49. The third-order valence-corrected chi connectivity index (χ3v) is 3.19. The number of nitrogens with two attached hydrogens (primary N) is 1. The molecule has 0 radical (unpaired) electrons. The lowest BCUT2D eigenvalue weighted by molar-refractivity contribution is -0.137. The van der Waals surface area contributed by atoms with Gasteiger partial charge in [0.1, 0.15) is 0 Å². The van der Waals surface area contributed by atoms with Crippen molar-refractivity contribution in [1.82, 2.24) is 4.90 Å². The molecule has 0 aromatic heterocycles. The van der Waals surface area contributed by atoms with Gasteiger partial charge < -0.3 is 16.0 Å². The monoisotopic (exact) mass is 351 g/mol. The lowest BCUT2D eigenvalue weighted by Crippen LogP contribution is -2.37. The van der Waals surface area contributed by atoms with Crippen molar-refractivity contribution in [3.8, 4) is 0 Å². The first-order valence-corrected chi connectivity index (χ1v) is 7.04. The van der Waals surface area contributed by atoms with Crippen molar-refractivity contribution in [1.29, 1.82) is 0 Å². The number of halogens is 4. The van der Waals surface area contributed by atoms with E-state index in [4.69, 9.17) is 17.3 Å². The fourth-order valence-electron chi connectivity index (χ4n) is 1.76. The van der Waals surface area contributed by atoms with Gasteiger partial charge in [-0.15, -0.1) is 0 Å². The second kappa shape index (κ2) is 7.65. The molecule has 0 aliphatic rings. The number of carbonyl (C=O) groups is 2. The van der Waals surface area contributed by atoms with Gasteiger partial charge in [0.25, 0.3) is 0 Å². The molecule has 0 aliphatic carbocycles. The maximum absolute atomic E-state index is 12.7. The summed E-state index contributed by atoms with van der Waals surface area (Å²) in [5.74, 6) is -0.955. The van der Waals surface area contributed by atoms with Gasteiger partial charge in [0.05, 0.1) is 17.1 Å². The van der Waals surface area contributed by atoms with Crippen LogP contribution in [0.1, 0.15) is 18.9 Å². The highest BCUT2D eigenvalue weighted by Gasteiger charge is 2.33. The van der Waals surface area contributed by atoms with E-state index in [1.165, 1.54) is 13.1 Å². The molecule has 0 saturated carbocycles. The smallest absolute Gasteiger partial charge is 0.336 e. The molecule has 5 nitrogen and oxygen atoms in total. The molecule has 0 aliphatic heterocycles.